The fourth-order valence-corrected chi connectivity index (χ4v) is 2.70. The maximum absolute atomic E-state index is 10.8. The number of rotatable bonds is 7. The van der Waals surface area contributed by atoms with Gasteiger partial charge in [0.15, 0.2) is 11.5 Å². The molecule has 7 heteroatoms. The molecule has 0 radical (unpaired) electrons. The fraction of sp³-hybridized carbons (Fsp3) is 0.150. The minimum absolute atomic E-state index is 0.0362. The van der Waals surface area contributed by atoms with Crippen LogP contribution in [-0.2, 0) is 0 Å². The quantitative estimate of drug-likeness (QED) is 0.208. The Morgan fingerprint density at radius 3 is 2.52 bits per heavy atom. The zero-order chi connectivity index (χ0) is 19.8. The molecular formula is C20H15BrN2O4. The highest BCUT2D eigenvalue weighted by Gasteiger charge is 2.12. The van der Waals surface area contributed by atoms with E-state index in [4.69, 9.17) is 15.9 Å². The van der Waals surface area contributed by atoms with Gasteiger partial charge in [0.25, 0.3) is 5.69 Å². The van der Waals surface area contributed by atoms with E-state index in [1.54, 1.807) is 18.2 Å². The van der Waals surface area contributed by atoms with E-state index in [0.29, 0.717) is 39.3 Å². The fourth-order valence-electron chi connectivity index (χ4n) is 2.26. The lowest BCUT2D eigenvalue weighted by Gasteiger charge is -2.13. The van der Waals surface area contributed by atoms with Crippen LogP contribution >= 0.6 is 15.9 Å². The molecule has 2 aromatic rings. The van der Waals surface area contributed by atoms with Gasteiger partial charge < -0.3 is 9.47 Å². The van der Waals surface area contributed by atoms with Gasteiger partial charge in [-0.3, -0.25) is 10.1 Å². The lowest BCUT2D eigenvalue weighted by molar-refractivity contribution is -0.384. The third-order valence-corrected chi connectivity index (χ3v) is 4.17. The number of non-ortho nitro benzene ring substituents is 1. The second kappa shape index (κ2) is 9.42. The van der Waals surface area contributed by atoms with Crippen LogP contribution < -0.4 is 9.47 Å². The number of nitro groups is 1. The van der Waals surface area contributed by atoms with Crippen molar-refractivity contribution in [2.75, 3.05) is 13.2 Å². The normalized spacial score (nSPS) is 10.6. The Morgan fingerprint density at radius 1 is 1.30 bits per heavy atom. The summed E-state index contributed by atoms with van der Waals surface area (Å²) in [6.45, 7) is 2.39. The van der Waals surface area contributed by atoms with E-state index in [1.807, 2.05) is 6.92 Å². The summed E-state index contributed by atoms with van der Waals surface area (Å²) in [7, 11) is 0. The molecule has 2 rings (SSSR count). The van der Waals surface area contributed by atoms with E-state index in [0.717, 1.165) is 0 Å². The van der Waals surface area contributed by atoms with Crippen molar-refractivity contribution in [3.05, 3.63) is 62.1 Å². The van der Waals surface area contributed by atoms with Gasteiger partial charge in [0, 0.05) is 16.6 Å². The lowest BCUT2D eigenvalue weighted by Crippen LogP contribution is -2.00. The average Bonchev–Trinajstić information content (AvgIpc) is 2.67. The standard InChI is InChI=1S/C20H15BrN2O4/c1-3-9-27-20-12-18(21)15(11-19(20)26-4-2)10-16(13-22)14-5-7-17(8-6-14)23(24)25/h1,5-8,10-12H,4,9H2,2H3. The second-order valence-corrected chi connectivity index (χ2v) is 6.07. The van der Waals surface area contributed by atoms with E-state index >= 15 is 0 Å². The zero-order valence-corrected chi connectivity index (χ0v) is 16.0. The van der Waals surface area contributed by atoms with Gasteiger partial charge in [-0.15, -0.1) is 6.42 Å². The molecule has 0 heterocycles. The Bertz CT molecular complexity index is 954. The highest BCUT2D eigenvalue weighted by molar-refractivity contribution is 9.10. The molecule has 27 heavy (non-hydrogen) atoms. The summed E-state index contributed by atoms with van der Waals surface area (Å²) in [5, 5.41) is 20.3. The minimum atomic E-state index is -0.487. The van der Waals surface area contributed by atoms with Crippen molar-refractivity contribution in [3.8, 4) is 29.9 Å². The van der Waals surface area contributed by atoms with Gasteiger partial charge in [0.2, 0.25) is 0 Å². The molecule has 0 saturated heterocycles. The number of nitro benzene ring substituents is 1. The molecule has 0 saturated carbocycles. The van der Waals surface area contributed by atoms with Crippen molar-refractivity contribution in [2.45, 2.75) is 6.92 Å². The molecule has 136 valence electrons. The van der Waals surface area contributed by atoms with Gasteiger partial charge in [0.05, 0.1) is 23.2 Å². The molecule has 6 nitrogen and oxygen atoms in total. The molecule has 0 unspecified atom stereocenters. The average molecular weight is 427 g/mol. The zero-order valence-electron chi connectivity index (χ0n) is 14.4. The maximum atomic E-state index is 10.8. The number of ether oxygens (including phenoxy) is 2. The number of benzene rings is 2. The molecular weight excluding hydrogens is 412 g/mol. The van der Waals surface area contributed by atoms with Crippen molar-refractivity contribution in [1.29, 1.82) is 5.26 Å². The first-order valence-corrected chi connectivity index (χ1v) is 8.68. The molecule has 0 aliphatic rings. The monoisotopic (exact) mass is 426 g/mol. The molecule has 2 aromatic carbocycles. The van der Waals surface area contributed by atoms with Crippen LogP contribution in [0.1, 0.15) is 18.1 Å². The largest absolute Gasteiger partial charge is 0.490 e. The van der Waals surface area contributed by atoms with Gasteiger partial charge in [-0.2, -0.15) is 5.26 Å². The first-order valence-electron chi connectivity index (χ1n) is 7.89. The van der Waals surface area contributed by atoms with Crippen molar-refractivity contribution in [3.63, 3.8) is 0 Å². The van der Waals surface area contributed by atoms with Crippen molar-refractivity contribution in [2.24, 2.45) is 0 Å². The molecule has 0 bridgehead atoms. The summed E-state index contributed by atoms with van der Waals surface area (Å²) in [6, 6.07) is 11.4. The number of halogens is 1. The van der Waals surface area contributed by atoms with Crippen LogP contribution in [0.2, 0.25) is 0 Å². The van der Waals surface area contributed by atoms with E-state index in [1.165, 1.54) is 24.3 Å². The number of terminal acetylenes is 1. The van der Waals surface area contributed by atoms with Gasteiger partial charge in [-0.1, -0.05) is 21.9 Å². The summed E-state index contributed by atoms with van der Waals surface area (Å²) in [5.41, 5.74) is 1.58. The molecule has 0 aromatic heterocycles. The maximum Gasteiger partial charge on any atom is 0.269 e. The van der Waals surface area contributed by atoms with Crippen molar-refractivity contribution in [1.82, 2.24) is 0 Å². The van der Waals surface area contributed by atoms with Crippen molar-refractivity contribution >= 4 is 33.3 Å². The van der Waals surface area contributed by atoms with Crippen LogP contribution in [0.15, 0.2) is 40.9 Å². The van der Waals surface area contributed by atoms with Gasteiger partial charge >= 0.3 is 0 Å². The van der Waals surface area contributed by atoms with E-state index in [9.17, 15) is 15.4 Å². The number of nitriles is 1. The van der Waals surface area contributed by atoms with Gasteiger partial charge in [-0.25, -0.2) is 0 Å². The molecule has 0 aliphatic carbocycles. The summed E-state index contributed by atoms with van der Waals surface area (Å²) >= 11 is 3.45. The Kier molecular flexibility index (Phi) is 6.99. The SMILES string of the molecule is C#CCOc1cc(Br)c(C=C(C#N)c2ccc([N+](=O)[O-])cc2)cc1OCC. The van der Waals surface area contributed by atoms with Crippen molar-refractivity contribution < 1.29 is 14.4 Å². The third kappa shape index (κ3) is 5.10. The Labute approximate surface area is 165 Å². The molecule has 0 fully saturated rings. The van der Waals surface area contributed by atoms with Crippen LogP contribution in [-0.4, -0.2) is 18.1 Å². The predicted octanol–water partition coefficient (Wildman–Crippen LogP) is 4.83. The van der Waals surface area contributed by atoms with Crippen LogP contribution in [0, 0.1) is 33.8 Å². The molecule has 0 N–H and O–H groups in total. The Hall–Kier alpha value is -3.29. The van der Waals surface area contributed by atoms with Crippen LogP contribution in [0.5, 0.6) is 11.5 Å². The number of allylic oxidation sites excluding steroid dienone is 1. The van der Waals surface area contributed by atoms with Gasteiger partial charge in [-0.05, 0) is 48.4 Å². The lowest BCUT2D eigenvalue weighted by atomic mass is 10.0. The Morgan fingerprint density at radius 2 is 1.96 bits per heavy atom. The van der Waals surface area contributed by atoms with Crippen LogP contribution in [0.4, 0.5) is 5.69 Å². The summed E-state index contributed by atoms with van der Waals surface area (Å²) in [6.07, 6.45) is 6.90. The summed E-state index contributed by atoms with van der Waals surface area (Å²) in [5.74, 6) is 3.40. The predicted molar refractivity (Wildman–Crippen MR) is 106 cm³/mol. The van der Waals surface area contributed by atoms with E-state index in [-0.39, 0.29) is 12.3 Å². The molecule has 0 spiro atoms. The smallest absolute Gasteiger partial charge is 0.269 e. The number of hydrogen-bond donors (Lipinski definition) is 0. The Balaban J connectivity index is 2.45. The third-order valence-electron chi connectivity index (χ3n) is 3.48. The molecule has 0 amide bonds. The van der Waals surface area contributed by atoms with E-state index in [2.05, 4.69) is 27.9 Å². The van der Waals surface area contributed by atoms with Crippen LogP contribution in [0.25, 0.3) is 11.6 Å². The van der Waals surface area contributed by atoms with Crippen LogP contribution in [0.3, 0.4) is 0 Å². The first-order chi connectivity index (χ1) is 13.0. The number of hydrogen-bond acceptors (Lipinski definition) is 5. The minimum Gasteiger partial charge on any atom is -0.490 e. The van der Waals surface area contributed by atoms with E-state index < -0.39 is 4.92 Å². The highest BCUT2D eigenvalue weighted by atomic mass is 79.9. The second-order valence-electron chi connectivity index (χ2n) is 5.22. The number of nitrogens with zero attached hydrogens (tertiary/aromatic N) is 2. The summed E-state index contributed by atoms with van der Waals surface area (Å²) < 4.78 is 11.8. The van der Waals surface area contributed by atoms with Gasteiger partial charge in [0.1, 0.15) is 6.61 Å². The summed E-state index contributed by atoms with van der Waals surface area (Å²) in [4.78, 5) is 10.3. The molecule has 0 atom stereocenters. The first kappa shape index (κ1) is 20.0. The highest BCUT2D eigenvalue weighted by Crippen LogP contribution is 2.35. The molecule has 0 aliphatic heterocycles. The topological polar surface area (TPSA) is 85.4 Å².